The highest BCUT2D eigenvalue weighted by molar-refractivity contribution is 5.87. The Labute approximate surface area is 218 Å². The van der Waals surface area contributed by atoms with E-state index in [9.17, 15) is 4.79 Å². The van der Waals surface area contributed by atoms with Gasteiger partial charge in [0, 0.05) is 37.7 Å². The maximum atomic E-state index is 11.7. The third-order valence-corrected chi connectivity index (χ3v) is 5.98. The number of unbranched alkanes of at least 4 members (excludes halogenated alkanes) is 1. The predicted octanol–water partition coefficient (Wildman–Crippen LogP) is 4.55. The second-order valence-electron chi connectivity index (χ2n) is 9.10. The van der Waals surface area contributed by atoms with Gasteiger partial charge in [-0.25, -0.2) is 9.97 Å². The first kappa shape index (κ1) is 27.8. The molecule has 0 fully saturated rings. The fourth-order valence-electron chi connectivity index (χ4n) is 3.95. The number of carbonyl (C=O) groups excluding carboxylic acids is 1. The van der Waals surface area contributed by atoms with Gasteiger partial charge in [-0.15, -0.1) is 0 Å². The summed E-state index contributed by atoms with van der Waals surface area (Å²) < 4.78 is 16.5. The van der Waals surface area contributed by atoms with Gasteiger partial charge in [0.05, 0.1) is 32.6 Å². The van der Waals surface area contributed by atoms with Crippen molar-refractivity contribution in [2.24, 2.45) is 0 Å². The first-order valence-electron chi connectivity index (χ1n) is 12.6. The average Bonchev–Trinajstić information content (AvgIpc) is 2.89. The predicted molar refractivity (Wildman–Crippen MR) is 146 cm³/mol. The Morgan fingerprint density at radius 2 is 1.89 bits per heavy atom. The van der Waals surface area contributed by atoms with Crippen molar-refractivity contribution in [1.29, 1.82) is 0 Å². The smallest absolute Gasteiger partial charge is 0.225 e. The van der Waals surface area contributed by atoms with Crippen LogP contribution >= 0.6 is 0 Å². The normalized spacial score (nSPS) is 12.5. The van der Waals surface area contributed by atoms with Crippen molar-refractivity contribution in [3.63, 3.8) is 0 Å². The van der Waals surface area contributed by atoms with Crippen molar-refractivity contribution < 1.29 is 19.0 Å². The maximum absolute atomic E-state index is 11.7. The number of fused-ring (bicyclic) bond motifs is 1. The first-order chi connectivity index (χ1) is 17.8. The summed E-state index contributed by atoms with van der Waals surface area (Å²) >= 11 is 0. The topological polar surface area (TPSA) is 120 Å². The van der Waals surface area contributed by atoms with Crippen molar-refractivity contribution in [3.8, 4) is 17.2 Å². The molecule has 37 heavy (non-hydrogen) atoms. The molecule has 3 aromatic rings. The minimum absolute atomic E-state index is 0.0765. The Balaban J connectivity index is 1.97. The van der Waals surface area contributed by atoms with Crippen LogP contribution in [0.3, 0.4) is 0 Å². The maximum Gasteiger partial charge on any atom is 0.225 e. The van der Waals surface area contributed by atoms with Gasteiger partial charge < -0.3 is 30.2 Å². The molecule has 2 heterocycles. The van der Waals surface area contributed by atoms with Gasteiger partial charge in [-0.2, -0.15) is 4.98 Å². The van der Waals surface area contributed by atoms with Gasteiger partial charge in [-0.1, -0.05) is 19.8 Å². The highest BCUT2D eigenvalue weighted by Gasteiger charge is 2.26. The number of carbonyl (C=O) groups is 1. The molecule has 0 saturated heterocycles. The highest BCUT2D eigenvalue weighted by atomic mass is 16.5. The quantitative estimate of drug-likeness (QED) is 0.287. The van der Waals surface area contributed by atoms with E-state index in [4.69, 9.17) is 24.2 Å². The van der Waals surface area contributed by atoms with Gasteiger partial charge in [-0.3, -0.25) is 4.79 Å². The van der Waals surface area contributed by atoms with Crippen LogP contribution in [0.15, 0.2) is 30.5 Å². The molecule has 0 saturated carbocycles. The van der Waals surface area contributed by atoms with E-state index in [2.05, 4.69) is 34.8 Å². The monoisotopic (exact) mass is 510 g/mol. The molecule has 0 spiro atoms. The van der Waals surface area contributed by atoms with Crippen LogP contribution in [-0.2, 0) is 11.3 Å². The minimum atomic E-state index is -0.431. The molecule has 0 bridgehead atoms. The lowest BCUT2D eigenvalue weighted by molar-refractivity contribution is -0.119. The number of aromatic nitrogens is 3. The molecule has 1 atom stereocenters. The molecular formula is C27H38N6O4. The fraction of sp³-hybridized carbons (Fsp3) is 0.481. The summed E-state index contributed by atoms with van der Waals surface area (Å²) in [5.74, 6) is 2.99. The molecule has 3 rings (SSSR count). The molecule has 1 unspecified atom stereocenters. The first-order valence-corrected chi connectivity index (χ1v) is 12.6. The average molecular weight is 511 g/mol. The van der Waals surface area contributed by atoms with Crippen LogP contribution in [0.2, 0.25) is 0 Å². The number of amides is 1. The number of pyridine rings is 1. The van der Waals surface area contributed by atoms with Crippen LogP contribution in [0.25, 0.3) is 11.0 Å². The van der Waals surface area contributed by atoms with Gasteiger partial charge in [0.1, 0.15) is 28.3 Å². The zero-order valence-electron chi connectivity index (χ0n) is 22.6. The molecule has 0 radical (unpaired) electrons. The lowest BCUT2D eigenvalue weighted by Crippen LogP contribution is -2.46. The van der Waals surface area contributed by atoms with E-state index in [0.29, 0.717) is 59.7 Å². The Hall–Kier alpha value is -3.82. The largest absolute Gasteiger partial charge is 0.497 e. The van der Waals surface area contributed by atoms with Gasteiger partial charge in [-0.05, 0) is 32.4 Å². The van der Waals surface area contributed by atoms with E-state index in [1.54, 1.807) is 20.4 Å². The van der Waals surface area contributed by atoms with Gasteiger partial charge in [0.2, 0.25) is 11.9 Å². The zero-order chi connectivity index (χ0) is 26.8. The van der Waals surface area contributed by atoms with Crippen molar-refractivity contribution >= 4 is 28.7 Å². The molecule has 10 heteroatoms. The number of hydrogen-bond acceptors (Lipinski definition) is 9. The summed E-state index contributed by atoms with van der Waals surface area (Å²) in [6.07, 6.45) is 4.55. The molecular weight excluding hydrogens is 472 g/mol. The summed E-state index contributed by atoms with van der Waals surface area (Å²) in [5.41, 5.74) is 1.77. The third kappa shape index (κ3) is 7.58. The van der Waals surface area contributed by atoms with E-state index in [1.807, 2.05) is 31.2 Å². The number of benzene rings is 1. The molecule has 0 aliphatic carbocycles. The molecule has 0 aliphatic heterocycles. The molecule has 2 aromatic heterocycles. The van der Waals surface area contributed by atoms with Crippen molar-refractivity contribution in [1.82, 2.24) is 20.3 Å². The Morgan fingerprint density at radius 3 is 2.57 bits per heavy atom. The van der Waals surface area contributed by atoms with Crippen molar-refractivity contribution in [2.75, 3.05) is 38.0 Å². The number of anilines is 2. The van der Waals surface area contributed by atoms with Gasteiger partial charge in [0.15, 0.2) is 5.82 Å². The van der Waals surface area contributed by atoms with Crippen LogP contribution in [-0.4, -0.2) is 53.8 Å². The minimum Gasteiger partial charge on any atom is -0.497 e. The zero-order valence-corrected chi connectivity index (χ0v) is 22.6. The number of hydrogen-bond donors (Lipinski definition) is 3. The number of nitrogens with one attached hydrogen (secondary N) is 3. The lowest BCUT2D eigenvalue weighted by Gasteiger charge is -2.32. The Kier molecular flexibility index (Phi) is 9.71. The molecule has 200 valence electrons. The summed E-state index contributed by atoms with van der Waals surface area (Å²) in [4.78, 5) is 25.8. The summed E-state index contributed by atoms with van der Waals surface area (Å²) in [7, 11) is 3.24. The molecule has 10 nitrogen and oxygen atoms in total. The van der Waals surface area contributed by atoms with Crippen LogP contribution < -0.4 is 30.2 Å². The van der Waals surface area contributed by atoms with E-state index in [1.165, 1.54) is 6.92 Å². The number of methoxy groups -OCH3 is 2. The van der Waals surface area contributed by atoms with Gasteiger partial charge >= 0.3 is 0 Å². The van der Waals surface area contributed by atoms with Gasteiger partial charge in [0.25, 0.3) is 0 Å². The van der Waals surface area contributed by atoms with E-state index in [-0.39, 0.29) is 5.91 Å². The number of nitrogens with zero attached hydrogens (tertiary/aromatic N) is 3. The third-order valence-electron chi connectivity index (χ3n) is 5.98. The molecule has 1 amide bonds. The van der Waals surface area contributed by atoms with E-state index < -0.39 is 5.54 Å². The summed E-state index contributed by atoms with van der Waals surface area (Å²) in [6.45, 7) is 9.09. The van der Waals surface area contributed by atoms with Crippen LogP contribution in [0.1, 0.15) is 52.5 Å². The molecule has 0 aliphatic rings. The SMILES string of the molecule is CCCCC(C)(CNC(C)=O)Nc1nc(NCc2ccc(OC)cc2OC)nc2cc(OCC)cnc12. The lowest BCUT2D eigenvalue weighted by atomic mass is 9.94. The summed E-state index contributed by atoms with van der Waals surface area (Å²) in [6, 6.07) is 7.52. The number of ether oxygens (including phenoxy) is 3. The van der Waals surface area contributed by atoms with E-state index >= 15 is 0 Å². The standard InChI is InChI=1S/C27H38N6O4/c1-7-9-12-27(4,17-30-18(3)34)33-25-24-22(13-21(16-28-24)37-8-2)31-26(32-25)29-15-19-10-11-20(35-5)14-23(19)36-6/h10-11,13-14,16H,7-9,12,15,17H2,1-6H3,(H,30,34)(H2,29,31,32,33). The van der Waals surface area contributed by atoms with E-state index in [0.717, 1.165) is 24.8 Å². The van der Waals surface area contributed by atoms with Crippen LogP contribution in [0, 0.1) is 0 Å². The summed E-state index contributed by atoms with van der Waals surface area (Å²) in [5, 5.41) is 9.83. The molecule has 1 aromatic carbocycles. The van der Waals surface area contributed by atoms with Crippen molar-refractivity contribution in [3.05, 3.63) is 36.0 Å². The highest BCUT2D eigenvalue weighted by Crippen LogP contribution is 2.29. The van der Waals surface area contributed by atoms with Crippen LogP contribution in [0.4, 0.5) is 11.8 Å². The van der Waals surface area contributed by atoms with Crippen molar-refractivity contribution in [2.45, 2.75) is 59.0 Å². The molecule has 3 N–H and O–H groups in total. The van der Waals surface area contributed by atoms with Crippen LogP contribution in [0.5, 0.6) is 17.2 Å². The Morgan fingerprint density at radius 1 is 1.08 bits per heavy atom. The second-order valence-corrected chi connectivity index (χ2v) is 9.10. The fourth-order valence-corrected chi connectivity index (χ4v) is 3.95. The second kappa shape index (κ2) is 12.9. The number of rotatable bonds is 14. The Bertz CT molecular complexity index is 1200.